The standard InChI is InChI=1S/C21H30N2O3/c1-3-20(19(25)26)10-7-13-23(16-20)18(24)21(11-14-22(2)15-12-21)17-8-5-4-6-9-17/h4-6,8-9H,3,7,10-16H2,1-2H3,(H,25,26)/t20-/m1/s1. The fraction of sp³-hybridized carbons (Fsp3) is 0.619. The van der Waals surface area contributed by atoms with Gasteiger partial charge in [-0.1, -0.05) is 37.3 Å². The lowest BCUT2D eigenvalue weighted by Crippen LogP contribution is -2.57. The van der Waals surface area contributed by atoms with Crippen molar-refractivity contribution in [1.29, 1.82) is 0 Å². The lowest BCUT2D eigenvalue weighted by molar-refractivity contribution is -0.157. The number of hydrogen-bond donors (Lipinski definition) is 1. The largest absolute Gasteiger partial charge is 0.481 e. The molecule has 1 N–H and O–H groups in total. The van der Waals surface area contributed by atoms with E-state index in [4.69, 9.17) is 0 Å². The maximum atomic E-state index is 13.7. The zero-order valence-electron chi connectivity index (χ0n) is 15.9. The van der Waals surface area contributed by atoms with Crippen LogP contribution in [0.25, 0.3) is 0 Å². The molecule has 2 aliphatic heterocycles. The van der Waals surface area contributed by atoms with Crippen molar-refractivity contribution in [3.63, 3.8) is 0 Å². The topological polar surface area (TPSA) is 60.9 Å². The van der Waals surface area contributed by atoms with Crippen LogP contribution >= 0.6 is 0 Å². The summed E-state index contributed by atoms with van der Waals surface area (Å²) in [5.74, 6) is -0.648. The van der Waals surface area contributed by atoms with Crippen LogP contribution in [0.2, 0.25) is 0 Å². The molecule has 1 aromatic carbocycles. The van der Waals surface area contributed by atoms with Crippen molar-refractivity contribution in [2.45, 2.75) is 44.4 Å². The Balaban J connectivity index is 1.92. The highest BCUT2D eigenvalue weighted by Crippen LogP contribution is 2.40. The first-order chi connectivity index (χ1) is 12.4. The molecule has 5 heteroatoms. The van der Waals surface area contributed by atoms with Gasteiger partial charge in [0.1, 0.15) is 0 Å². The summed E-state index contributed by atoms with van der Waals surface area (Å²) < 4.78 is 0. The third kappa shape index (κ3) is 3.25. The molecule has 142 valence electrons. The van der Waals surface area contributed by atoms with Gasteiger partial charge in [0.15, 0.2) is 0 Å². The highest BCUT2D eigenvalue weighted by atomic mass is 16.4. The summed E-state index contributed by atoms with van der Waals surface area (Å²) in [5.41, 5.74) is -0.249. The molecule has 0 radical (unpaired) electrons. The molecule has 0 bridgehead atoms. The van der Waals surface area contributed by atoms with Crippen LogP contribution in [-0.2, 0) is 15.0 Å². The monoisotopic (exact) mass is 358 g/mol. The van der Waals surface area contributed by atoms with Gasteiger partial charge in [0.2, 0.25) is 5.91 Å². The summed E-state index contributed by atoms with van der Waals surface area (Å²) in [6, 6.07) is 10.1. The number of carboxylic acid groups (broad SMARTS) is 1. The first kappa shape index (κ1) is 18.9. The molecule has 0 saturated carbocycles. The molecule has 1 aromatic rings. The van der Waals surface area contributed by atoms with Crippen LogP contribution in [0.15, 0.2) is 30.3 Å². The van der Waals surface area contributed by atoms with E-state index in [2.05, 4.69) is 24.1 Å². The van der Waals surface area contributed by atoms with E-state index in [1.54, 1.807) is 0 Å². The van der Waals surface area contributed by atoms with Crippen molar-refractivity contribution >= 4 is 11.9 Å². The summed E-state index contributed by atoms with van der Waals surface area (Å²) in [6.07, 6.45) is 3.55. The van der Waals surface area contributed by atoms with Crippen molar-refractivity contribution < 1.29 is 14.7 Å². The summed E-state index contributed by atoms with van der Waals surface area (Å²) in [7, 11) is 2.09. The van der Waals surface area contributed by atoms with E-state index in [1.807, 2.05) is 30.0 Å². The zero-order chi connectivity index (χ0) is 18.8. The van der Waals surface area contributed by atoms with Gasteiger partial charge in [0.05, 0.1) is 10.8 Å². The van der Waals surface area contributed by atoms with Gasteiger partial charge in [0.25, 0.3) is 0 Å². The molecule has 0 aliphatic carbocycles. The van der Waals surface area contributed by atoms with Gasteiger partial charge in [-0.3, -0.25) is 9.59 Å². The minimum atomic E-state index is -0.794. The highest BCUT2D eigenvalue weighted by molar-refractivity contribution is 5.89. The minimum absolute atomic E-state index is 0.121. The van der Waals surface area contributed by atoms with Crippen molar-refractivity contribution in [3.8, 4) is 0 Å². The number of amides is 1. The van der Waals surface area contributed by atoms with Gasteiger partial charge >= 0.3 is 5.97 Å². The van der Waals surface area contributed by atoms with E-state index in [9.17, 15) is 14.7 Å². The first-order valence-electron chi connectivity index (χ1n) is 9.70. The fourth-order valence-electron chi connectivity index (χ4n) is 4.61. The average molecular weight is 358 g/mol. The number of rotatable bonds is 4. The SMILES string of the molecule is CC[C@@]1(C(=O)O)CCCN(C(=O)C2(c3ccccc3)CCN(C)CC2)C1. The van der Waals surface area contributed by atoms with E-state index >= 15 is 0 Å². The molecule has 0 aromatic heterocycles. The van der Waals surface area contributed by atoms with Crippen LogP contribution in [0.3, 0.4) is 0 Å². The van der Waals surface area contributed by atoms with E-state index in [0.717, 1.165) is 37.9 Å². The third-order valence-corrected chi connectivity index (χ3v) is 6.57. The molecule has 0 unspecified atom stereocenters. The third-order valence-electron chi connectivity index (χ3n) is 6.57. The molecule has 26 heavy (non-hydrogen) atoms. The van der Waals surface area contributed by atoms with Gasteiger partial charge < -0.3 is 14.9 Å². The number of carbonyl (C=O) groups is 2. The van der Waals surface area contributed by atoms with Crippen LogP contribution in [-0.4, -0.2) is 60.0 Å². The Morgan fingerprint density at radius 3 is 2.31 bits per heavy atom. The second-order valence-corrected chi connectivity index (χ2v) is 8.02. The molecule has 3 rings (SSSR count). The van der Waals surface area contributed by atoms with Crippen molar-refractivity contribution in [2.24, 2.45) is 5.41 Å². The van der Waals surface area contributed by atoms with Crippen molar-refractivity contribution in [2.75, 3.05) is 33.2 Å². The second-order valence-electron chi connectivity index (χ2n) is 8.02. The Morgan fingerprint density at radius 2 is 1.73 bits per heavy atom. The zero-order valence-corrected chi connectivity index (χ0v) is 15.9. The van der Waals surface area contributed by atoms with Gasteiger partial charge in [-0.15, -0.1) is 0 Å². The molecule has 2 saturated heterocycles. The molecule has 1 amide bonds. The maximum Gasteiger partial charge on any atom is 0.311 e. The van der Waals surface area contributed by atoms with Gasteiger partial charge in [-0.2, -0.15) is 0 Å². The Kier molecular flexibility index (Phi) is 5.37. The molecule has 5 nitrogen and oxygen atoms in total. The lowest BCUT2D eigenvalue weighted by atomic mass is 9.70. The van der Waals surface area contributed by atoms with Crippen LogP contribution in [0, 0.1) is 5.41 Å². The van der Waals surface area contributed by atoms with Crippen LogP contribution < -0.4 is 0 Å². The first-order valence-corrected chi connectivity index (χ1v) is 9.70. The summed E-state index contributed by atoms with van der Waals surface area (Å²) >= 11 is 0. The predicted octanol–water partition coefficient (Wildman–Crippen LogP) is 2.75. The highest BCUT2D eigenvalue weighted by Gasteiger charge is 2.48. The van der Waals surface area contributed by atoms with E-state index in [1.165, 1.54) is 0 Å². The Hall–Kier alpha value is -1.88. The summed E-state index contributed by atoms with van der Waals surface area (Å²) in [4.78, 5) is 29.7. The molecule has 0 spiro atoms. The number of benzene rings is 1. The van der Waals surface area contributed by atoms with Crippen molar-refractivity contribution in [3.05, 3.63) is 35.9 Å². The molecule has 2 fully saturated rings. The fourth-order valence-corrected chi connectivity index (χ4v) is 4.61. The van der Waals surface area contributed by atoms with E-state index in [-0.39, 0.29) is 5.91 Å². The molecular weight excluding hydrogens is 328 g/mol. The number of nitrogens with zero attached hydrogens (tertiary/aromatic N) is 2. The number of likely N-dealkylation sites (tertiary alicyclic amines) is 2. The van der Waals surface area contributed by atoms with E-state index < -0.39 is 16.8 Å². The smallest absolute Gasteiger partial charge is 0.311 e. The average Bonchev–Trinajstić information content (AvgIpc) is 2.69. The normalized spacial score (nSPS) is 26.5. The summed E-state index contributed by atoms with van der Waals surface area (Å²) in [5, 5.41) is 9.77. The Bertz CT molecular complexity index is 652. The number of hydrogen-bond acceptors (Lipinski definition) is 3. The lowest BCUT2D eigenvalue weighted by Gasteiger charge is -2.46. The molecule has 2 heterocycles. The molecular formula is C21H30N2O3. The Morgan fingerprint density at radius 1 is 1.08 bits per heavy atom. The minimum Gasteiger partial charge on any atom is -0.481 e. The number of aliphatic carboxylic acids is 1. The molecule has 2 aliphatic rings. The van der Waals surface area contributed by atoms with E-state index in [0.29, 0.717) is 25.9 Å². The second kappa shape index (κ2) is 7.39. The predicted molar refractivity (Wildman–Crippen MR) is 101 cm³/mol. The van der Waals surface area contributed by atoms with Gasteiger partial charge in [0, 0.05) is 13.1 Å². The molecule has 1 atom stereocenters. The maximum absolute atomic E-state index is 13.7. The quantitative estimate of drug-likeness (QED) is 0.899. The van der Waals surface area contributed by atoms with Crippen LogP contribution in [0.5, 0.6) is 0 Å². The number of carboxylic acids is 1. The van der Waals surface area contributed by atoms with Crippen molar-refractivity contribution in [1.82, 2.24) is 9.80 Å². The summed E-state index contributed by atoms with van der Waals surface area (Å²) in [6.45, 7) is 4.68. The van der Waals surface area contributed by atoms with Gasteiger partial charge in [-0.25, -0.2) is 0 Å². The number of carbonyl (C=O) groups excluding carboxylic acids is 1. The Labute approximate surface area is 156 Å². The van der Waals surface area contributed by atoms with Gasteiger partial charge in [-0.05, 0) is 57.8 Å². The van der Waals surface area contributed by atoms with Crippen LogP contribution in [0.1, 0.15) is 44.6 Å². The van der Waals surface area contributed by atoms with Crippen LogP contribution in [0.4, 0.5) is 0 Å². The number of piperidine rings is 2.